The Balaban J connectivity index is 2.30. The number of aliphatic carboxylic acids is 1. The summed E-state index contributed by atoms with van der Waals surface area (Å²) in [5, 5.41) is 9.62. The van der Waals surface area contributed by atoms with Gasteiger partial charge in [0.15, 0.2) is 5.43 Å². The summed E-state index contributed by atoms with van der Waals surface area (Å²) in [5.41, 5.74) is 1.43. The monoisotopic (exact) mass is 294 g/mol. The van der Waals surface area contributed by atoms with E-state index in [2.05, 4.69) is 0 Å². The highest BCUT2D eigenvalue weighted by Gasteiger charge is 2.19. The Morgan fingerprint density at radius 2 is 1.82 bits per heavy atom. The van der Waals surface area contributed by atoms with E-state index in [-0.39, 0.29) is 5.43 Å². The van der Waals surface area contributed by atoms with Gasteiger partial charge >= 0.3 is 5.97 Å². The van der Waals surface area contributed by atoms with E-state index in [0.717, 1.165) is 5.56 Å². The maximum absolute atomic E-state index is 12.3. The van der Waals surface area contributed by atoms with E-state index in [0.29, 0.717) is 22.3 Å². The van der Waals surface area contributed by atoms with Gasteiger partial charge < -0.3 is 9.52 Å². The normalized spacial score (nSPS) is 12.2. The summed E-state index contributed by atoms with van der Waals surface area (Å²) in [4.78, 5) is 23.6. The lowest BCUT2D eigenvalue weighted by molar-refractivity contribution is -0.138. The number of hydrogen-bond acceptors (Lipinski definition) is 3. The van der Waals surface area contributed by atoms with Crippen LogP contribution in [0.4, 0.5) is 0 Å². The van der Waals surface area contributed by atoms with Crippen molar-refractivity contribution in [2.45, 2.75) is 12.8 Å². The third-order valence-electron chi connectivity index (χ3n) is 3.68. The average molecular weight is 294 g/mol. The molecule has 1 unspecified atom stereocenters. The van der Waals surface area contributed by atoms with Crippen molar-refractivity contribution in [3.8, 4) is 11.3 Å². The molecule has 3 aromatic rings. The van der Waals surface area contributed by atoms with Gasteiger partial charge in [-0.2, -0.15) is 0 Å². The van der Waals surface area contributed by atoms with Crippen LogP contribution in [0.1, 0.15) is 18.4 Å². The molecule has 22 heavy (non-hydrogen) atoms. The molecule has 4 nitrogen and oxygen atoms in total. The number of carbonyl (C=O) groups is 1. The van der Waals surface area contributed by atoms with Gasteiger partial charge in [0, 0.05) is 17.2 Å². The van der Waals surface area contributed by atoms with E-state index in [1.54, 1.807) is 25.1 Å². The van der Waals surface area contributed by atoms with Gasteiger partial charge in [-0.1, -0.05) is 42.5 Å². The topological polar surface area (TPSA) is 67.5 Å². The molecule has 1 aromatic heterocycles. The van der Waals surface area contributed by atoms with Crippen LogP contribution in [-0.4, -0.2) is 11.1 Å². The number of rotatable bonds is 3. The predicted molar refractivity (Wildman–Crippen MR) is 84.0 cm³/mol. The van der Waals surface area contributed by atoms with Gasteiger partial charge in [0.1, 0.15) is 11.3 Å². The zero-order valence-electron chi connectivity index (χ0n) is 11.9. The van der Waals surface area contributed by atoms with E-state index < -0.39 is 11.9 Å². The SMILES string of the molecule is CC(C(=O)O)c1cccc2c(=O)cc(-c3ccccc3)oc12. The summed E-state index contributed by atoms with van der Waals surface area (Å²) < 4.78 is 5.87. The van der Waals surface area contributed by atoms with Crippen LogP contribution in [-0.2, 0) is 4.79 Å². The van der Waals surface area contributed by atoms with Gasteiger partial charge in [-0.05, 0) is 13.0 Å². The van der Waals surface area contributed by atoms with Crippen LogP contribution in [0.3, 0.4) is 0 Å². The number of carboxylic acids is 1. The van der Waals surface area contributed by atoms with Crippen molar-refractivity contribution < 1.29 is 14.3 Å². The largest absolute Gasteiger partial charge is 0.481 e. The second kappa shape index (κ2) is 5.48. The van der Waals surface area contributed by atoms with Crippen LogP contribution in [0, 0.1) is 0 Å². The number of para-hydroxylation sites is 1. The predicted octanol–water partition coefficient (Wildman–Crippen LogP) is 3.65. The summed E-state index contributed by atoms with van der Waals surface area (Å²) in [5.74, 6) is -1.28. The third-order valence-corrected chi connectivity index (χ3v) is 3.68. The molecule has 0 aliphatic carbocycles. The first kappa shape index (κ1) is 14.1. The highest BCUT2D eigenvalue weighted by molar-refractivity contribution is 5.87. The lowest BCUT2D eigenvalue weighted by Crippen LogP contribution is -2.09. The molecular formula is C18H14O4. The minimum absolute atomic E-state index is 0.181. The van der Waals surface area contributed by atoms with E-state index in [4.69, 9.17) is 4.42 Å². The standard InChI is InChI=1S/C18H14O4/c1-11(18(20)21)13-8-5-9-14-15(19)10-16(22-17(13)14)12-6-3-2-4-7-12/h2-11H,1H3,(H,20,21). The van der Waals surface area contributed by atoms with Crippen LogP contribution < -0.4 is 5.43 Å². The van der Waals surface area contributed by atoms with E-state index in [9.17, 15) is 14.7 Å². The molecule has 0 amide bonds. The summed E-state index contributed by atoms with van der Waals surface area (Å²) in [6, 6.07) is 15.7. The number of benzene rings is 2. The minimum Gasteiger partial charge on any atom is -0.481 e. The Kier molecular flexibility index (Phi) is 3.51. The van der Waals surface area contributed by atoms with Crippen LogP contribution >= 0.6 is 0 Å². The maximum Gasteiger partial charge on any atom is 0.310 e. The first-order valence-electron chi connectivity index (χ1n) is 6.93. The second-order valence-electron chi connectivity index (χ2n) is 5.12. The highest BCUT2D eigenvalue weighted by atomic mass is 16.4. The summed E-state index contributed by atoms with van der Waals surface area (Å²) in [6.45, 7) is 1.58. The van der Waals surface area contributed by atoms with Gasteiger partial charge in [0.25, 0.3) is 0 Å². The van der Waals surface area contributed by atoms with Crippen molar-refractivity contribution in [3.63, 3.8) is 0 Å². The number of fused-ring (bicyclic) bond motifs is 1. The first-order valence-corrected chi connectivity index (χ1v) is 6.93. The lowest BCUT2D eigenvalue weighted by atomic mass is 9.98. The van der Waals surface area contributed by atoms with Gasteiger partial charge in [-0.3, -0.25) is 9.59 Å². The third kappa shape index (κ3) is 2.39. The summed E-state index contributed by atoms with van der Waals surface area (Å²) >= 11 is 0. The molecule has 4 heteroatoms. The Labute approximate surface area is 126 Å². The molecule has 3 rings (SSSR count). The molecule has 1 atom stereocenters. The molecule has 0 radical (unpaired) electrons. The van der Waals surface area contributed by atoms with E-state index in [1.807, 2.05) is 30.3 Å². The van der Waals surface area contributed by atoms with Crippen molar-refractivity contribution in [2.24, 2.45) is 0 Å². The fourth-order valence-corrected chi connectivity index (χ4v) is 2.42. The smallest absolute Gasteiger partial charge is 0.310 e. The Hall–Kier alpha value is -2.88. The minimum atomic E-state index is -0.958. The van der Waals surface area contributed by atoms with Crippen LogP contribution in [0.15, 0.2) is 63.8 Å². The van der Waals surface area contributed by atoms with Crippen molar-refractivity contribution in [3.05, 3.63) is 70.4 Å². The van der Waals surface area contributed by atoms with E-state index >= 15 is 0 Å². The van der Waals surface area contributed by atoms with Crippen molar-refractivity contribution in [1.29, 1.82) is 0 Å². The molecule has 2 aromatic carbocycles. The van der Waals surface area contributed by atoms with Gasteiger partial charge in [-0.15, -0.1) is 0 Å². The van der Waals surface area contributed by atoms with Crippen LogP contribution in [0.25, 0.3) is 22.3 Å². The maximum atomic E-state index is 12.3. The molecule has 1 N–H and O–H groups in total. The Bertz CT molecular complexity index is 894. The molecule has 0 fully saturated rings. The fraction of sp³-hybridized carbons (Fsp3) is 0.111. The Morgan fingerprint density at radius 1 is 1.09 bits per heavy atom. The molecule has 110 valence electrons. The summed E-state index contributed by atoms with van der Waals surface area (Å²) in [7, 11) is 0. The molecule has 0 bridgehead atoms. The average Bonchev–Trinajstić information content (AvgIpc) is 2.54. The molecule has 0 aliphatic rings. The first-order chi connectivity index (χ1) is 10.6. The molecular weight excluding hydrogens is 280 g/mol. The van der Waals surface area contributed by atoms with Crippen LogP contribution in [0.2, 0.25) is 0 Å². The number of hydrogen-bond donors (Lipinski definition) is 1. The lowest BCUT2D eigenvalue weighted by Gasteiger charge is -2.10. The van der Waals surface area contributed by atoms with E-state index in [1.165, 1.54) is 6.07 Å². The molecule has 0 saturated carbocycles. The van der Waals surface area contributed by atoms with Crippen molar-refractivity contribution in [2.75, 3.05) is 0 Å². The number of carboxylic acid groups (broad SMARTS) is 1. The molecule has 0 aliphatic heterocycles. The fourth-order valence-electron chi connectivity index (χ4n) is 2.42. The highest BCUT2D eigenvalue weighted by Crippen LogP contribution is 2.28. The summed E-state index contributed by atoms with van der Waals surface area (Å²) in [6.07, 6.45) is 0. The molecule has 1 heterocycles. The van der Waals surface area contributed by atoms with Gasteiger partial charge in [-0.25, -0.2) is 0 Å². The molecule has 0 spiro atoms. The second-order valence-corrected chi connectivity index (χ2v) is 5.12. The van der Waals surface area contributed by atoms with Crippen molar-refractivity contribution in [1.82, 2.24) is 0 Å². The van der Waals surface area contributed by atoms with Crippen LogP contribution in [0.5, 0.6) is 0 Å². The Morgan fingerprint density at radius 3 is 2.50 bits per heavy atom. The molecule has 0 saturated heterocycles. The quantitative estimate of drug-likeness (QED) is 0.800. The van der Waals surface area contributed by atoms with Gasteiger partial charge in [0.05, 0.1) is 11.3 Å². The van der Waals surface area contributed by atoms with Gasteiger partial charge in [0.2, 0.25) is 0 Å². The zero-order chi connectivity index (χ0) is 15.7. The zero-order valence-corrected chi connectivity index (χ0v) is 11.9. The van der Waals surface area contributed by atoms with Crippen molar-refractivity contribution >= 4 is 16.9 Å².